The van der Waals surface area contributed by atoms with Crippen LogP contribution in [-0.4, -0.2) is 27.9 Å². The van der Waals surface area contributed by atoms with Crippen LogP contribution in [0.1, 0.15) is 23.0 Å². The van der Waals surface area contributed by atoms with E-state index in [9.17, 15) is 4.79 Å². The van der Waals surface area contributed by atoms with E-state index < -0.39 is 0 Å². The maximum Gasteiger partial charge on any atom is 0.277 e. The number of nitrogens with zero attached hydrogens (tertiary/aromatic N) is 2. The van der Waals surface area contributed by atoms with Gasteiger partial charge in [-0.1, -0.05) is 25.1 Å². The highest BCUT2D eigenvalue weighted by Gasteiger charge is 2.10. The zero-order chi connectivity index (χ0) is 12.8. The molecule has 0 aliphatic rings. The van der Waals surface area contributed by atoms with Crippen LogP contribution in [0.5, 0.6) is 0 Å². The smallest absolute Gasteiger partial charge is 0.277 e. The number of aromatic nitrogens is 3. The van der Waals surface area contributed by atoms with E-state index in [0.717, 1.165) is 17.8 Å². The van der Waals surface area contributed by atoms with E-state index in [0.29, 0.717) is 6.54 Å². The van der Waals surface area contributed by atoms with Crippen molar-refractivity contribution in [2.45, 2.75) is 13.5 Å². The van der Waals surface area contributed by atoms with E-state index in [1.807, 2.05) is 31.2 Å². The molecule has 6 nitrogen and oxygen atoms in total. The highest BCUT2D eigenvalue weighted by molar-refractivity contribution is 6.02. The first-order valence-corrected chi connectivity index (χ1v) is 5.77. The zero-order valence-electron chi connectivity index (χ0n) is 10.1. The average molecular weight is 245 g/mol. The van der Waals surface area contributed by atoms with Gasteiger partial charge in [0.25, 0.3) is 5.91 Å². The van der Waals surface area contributed by atoms with Crippen molar-refractivity contribution in [2.75, 3.05) is 11.9 Å². The standard InChI is InChI=1S/C12H15N5O/c1-2-13-7-9-5-3-4-6-10(9)15-12(18)11-8-14-17-16-11/h3-6,8,13H,2,7H2,1H3,(H,15,18)(H,14,16,17). The number of carbonyl (C=O) groups is 1. The van der Waals surface area contributed by atoms with Crippen LogP contribution in [0.4, 0.5) is 5.69 Å². The Bertz CT molecular complexity index is 509. The number of anilines is 1. The molecular weight excluding hydrogens is 230 g/mol. The lowest BCUT2D eigenvalue weighted by Crippen LogP contribution is -2.17. The van der Waals surface area contributed by atoms with Crippen molar-refractivity contribution >= 4 is 11.6 Å². The minimum Gasteiger partial charge on any atom is -0.320 e. The largest absolute Gasteiger partial charge is 0.320 e. The highest BCUT2D eigenvalue weighted by Crippen LogP contribution is 2.15. The van der Waals surface area contributed by atoms with Crippen molar-refractivity contribution in [1.82, 2.24) is 20.7 Å². The van der Waals surface area contributed by atoms with Crippen LogP contribution in [0.25, 0.3) is 0 Å². The second-order valence-electron chi connectivity index (χ2n) is 3.75. The summed E-state index contributed by atoms with van der Waals surface area (Å²) in [6.45, 7) is 3.63. The first-order chi connectivity index (χ1) is 8.81. The van der Waals surface area contributed by atoms with Crippen molar-refractivity contribution in [3.05, 3.63) is 41.7 Å². The summed E-state index contributed by atoms with van der Waals surface area (Å²) in [6.07, 6.45) is 1.39. The minimum absolute atomic E-state index is 0.271. The van der Waals surface area contributed by atoms with Crippen LogP contribution in [0.15, 0.2) is 30.5 Å². The molecule has 94 valence electrons. The molecule has 2 aromatic rings. The Labute approximate surface area is 105 Å². The summed E-state index contributed by atoms with van der Waals surface area (Å²) < 4.78 is 0. The number of amides is 1. The fraction of sp³-hybridized carbons (Fsp3) is 0.250. The third-order valence-electron chi connectivity index (χ3n) is 2.48. The minimum atomic E-state index is -0.271. The van der Waals surface area contributed by atoms with Gasteiger partial charge in [-0.2, -0.15) is 15.4 Å². The van der Waals surface area contributed by atoms with Gasteiger partial charge in [0.05, 0.1) is 6.20 Å². The first-order valence-electron chi connectivity index (χ1n) is 5.77. The van der Waals surface area contributed by atoms with Gasteiger partial charge in [-0.05, 0) is 18.2 Å². The fourth-order valence-electron chi connectivity index (χ4n) is 1.55. The molecule has 0 unspecified atom stereocenters. The lowest BCUT2D eigenvalue weighted by molar-refractivity contribution is 0.102. The molecule has 1 aromatic heterocycles. The van der Waals surface area contributed by atoms with Gasteiger partial charge in [0.15, 0.2) is 5.69 Å². The van der Waals surface area contributed by atoms with Crippen LogP contribution < -0.4 is 10.6 Å². The van der Waals surface area contributed by atoms with E-state index in [1.54, 1.807) is 0 Å². The third kappa shape index (κ3) is 2.92. The molecule has 1 heterocycles. The van der Waals surface area contributed by atoms with Crippen molar-refractivity contribution in [2.24, 2.45) is 0 Å². The number of H-pyrrole nitrogens is 1. The Morgan fingerprint density at radius 2 is 2.22 bits per heavy atom. The van der Waals surface area contributed by atoms with Gasteiger partial charge in [-0.3, -0.25) is 4.79 Å². The van der Waals surface area contributed by atoms with Crippen molar-refractivity contribution in [1.29, 1.82) is 0 Å². The van der Waals surface area contributed by atoms with Crippen molar-refractivity contribution < 1.29 is 4.79 Å². The third-order valence-corrected chi connectivity index (χ3v) is 2.48. The molecular formula is C12H15N5O. The number of carbonyl (C=O) groups excluding carboxylic acids is 1. The van der Waals surface area contributed by atoms with Crippen molar-refractivity contribution in [3.8, 4) is 0 Å². The van der Waals surface area contributed by atoms with E-state index in [2.05, 4.69) is 26.0 Å². The molecule has 0 fully saturated rings. The van der Waals surface area contributed by atoms with E-state index in [1.165, 1.54) is 6.20 Å². The molecule has 3 N–H and O–H groups in total. The van der Waals surface area contributed by atoms with Crippen LogP contribution in [0, 0.1) is 0 Å². The molecule has 0 radical (unpaired) electrons. The molecule has 2 rings (SSSR count). The predicted molar refractivity (Wildman–Crippen MR) is 68.2 cm³/mol. The highest BCUT2D eigenvalue weighted by atomic mass is 16.2. The maximum absolute atomic E-state index is 11.8. The van der Waals surface area contributed by atoms with Crippen LogP contribution in [0.3, 0.4) is 0 Å². The van der Waals surface area contributed by atoms with E-state index >= 15 is 0 Å². The number of rotatable bonds is 5. The molecule has 0 aliphatic heterocycles. The van der Waals surface area contributed by atoms with E-state index in [-0.39, 0.29) is 11.6 Å². The van der Waals surface area contributed by atoms with Gasteiger partial charge in [-0.15, -0.1) is 0 Å². The Morgan fingerprint density at radius 1 is 1.39 bits per heavy atom. The Hall–Kier alpha value is -2.21. The van der Waals surface area contributed by atoms with Crippen LogP contribution >= 0.6 is 0 Å². The summed E-state index contributed by atoms with van der Waals surface area (Å²) in [6, 6.07) is 7.66. The number of hydrogen-bond donors (Lipinski definition) is 3. The second kappa shape index (κ2) is 5.92. The quantitative estimate of drug-likeness (QED) is 0.738. The maximum atomic E-state index is 11.8. The molecule has 0 aliphatic carbocycles. The SMILES string of the molecule is CCNCc1ccccc1NC(=O)c1cn[nH]n1. The van der Waals surface area contributed by atoms with Crippen LogP contribution in [-0.2, 0) is 6.54 Å². The normalized spacial score (nSPS) is 10.3. The van der Waals surface area contributed by atoms with Gasteiger partial charge in [0.2, 0.25) is 0 Å². The van der Waals surface area contributed by atoms with Gasteiger partial charge >= 0.3 is 0 Å². The Morgan fingerprint density at radius 3 is 2.94 bits per heavy atom. The van der Waals surface area contributed by atoms with E-state index in [4.69, 9.17) is 0 Å². The lowest BCUT2D eigenvalue weighted by Gasteiger charge is -2.10. The molecule has 1 aromatic carbocycles. The number of nitrogens with one attached hydrogen (secondary N) is 3. The molecule has 0 atom stereocenters. The molecule has 18 heavy (non-hydrogen) atoms. The predicted octanol–water partition coefficient (Wildman–Crippen LogP) is 1.17. The summed E-state index contributed by atoms with van der Waals surface area (Å²) in [5, 5.41) is 15.8. The topological polar surface area (TPSA) is 82.7 Å². The second-order valence-corrected chi connectivity index (χ2v) is 3.75. The summed E-state index contributed by atoms with van der Waals surface area (Å²) in [4.78, 5) is 11.8. The lowest BCUT2D eigenvalue weighted by atomic mass is 10.1. The van der Waals surface area contributed by atoms with Gasteiger partial charge in [0.1, 0.15) is 0 Å². The first kappa shape index (κ1) is 12.3. The molecule has 0 saturated heterocycles. The van der Waals surface area contributed by atoms with Gasteiger partial charge in [0, 0.05) is 12.2 Å². The molecule has 0 saturated carbocycles. The zero-order valence-corrected chi connectivity index (χ0v) is 10.1. The fourth-order valence-corrected chi connectivity index (χ4v) is 1.55. The monoisotopic (exact) mass is 245 g/mol. The summed E-state index contributed by atoms with van der Waals surface area (Å²) in [5.41, 5.74) is 2.09. The average Bonchev–Trinajstić information content (AvgIpc) is 2.91. The summed E-state index contributed by atoms with van der Waals surface area (Å²) >= 11 is 0. The van der Waals surface area contributed by atoms with Crippen molar-refractivity contribution in [3.63, 3.8) is 0 Å². The van der Waals surface area contributed by atoms with Gasteiger partial charge < -0.3 is 10.6 Å². The van der Waals surface area contributed by atoms with Gasteiger partial charge in [-0.25, -0.2) is 0 Å². The summed E-state index contributed by atoms with van der Waals surface area (Å²) in [5.74, 6) is -0.271. The Kier molecular flexibility index (Phi) is 4.03. The Balaban J connectivity index is 2.11. The number of benzene rings is 1. The summed E-state index contributed by atoms with van der Waals surface area (Å²) in [7, 11) is 0. The number of aromatic amines is 1. The molecule has 0 spiro atoms. The number of hydrogen-bond acceptors (Lipinski definition) is 4. The number of para-hydroxylation sites is 1. The van der Waals surface area contributed by atoms with Crippen LogP contribution in [0.2, 0.25) is 0 Å². The molecule has 6 heteroatoms. The molecule has 0 bridgehead atoms. The molecule has 1 amide bonds.